The van der Waals surface area contributed by atoms with E-state index in [1.165, 1.54) is 0 Å². The van der Waals surface area contributed by atoms with Crippen molar-refractivity contribution < 1.29 is 27.1 Å². The van der Waals surface area contributed by atoms with Gasteiger partial charge in [-0.3, -0.25) is 0 Å². The van der Waals surface area contributed by atoms with Gasteiger partial charge in [0, 0.05) is 18.2 Å². The fraction of sp³-hybridized carbons (Fsp3) is 0.588. The van der Waals surface area contributed by atoms with Gasteiger partial charge >= 0.3 is 6.09 Å². The lowest BCUT2D eigenvalue weighted by molar-refractivity contribution is 0.0492. The molecule has 4 nitrogen and oxygen atoms in total. The quantitative estimate of drug-likeness (QED) is 0.615. The van der Waals surface area contributed by atoms with E-state index in [9.17, 15) is 22.4 Å². The summed E-state index contributed by atoms with van der Waals surface area (Å²) in [7, 11) is 0. The van der Waals surface area contributed by atoms with Crippen molar-refractivity contribution in [3.05, 3.63) is 29.3 Å². The molecule has 1 fully saturated rings. The van der Waals surface area contributed by atoms with Crippen LogP contribution < -0.4 is 10.6 Å². The van der Waals surface area contributed by atoms with Crippen LogP contribution in [0.25, 0.3) is 0 Å². The molecule has 2 unspecified atom stereocenters. The van der Waals surface area contributed by atoms with E-state index < -0.39 is 46.7 Å². The van der Waals surface area contributed by atoms with Crippen LogP contribution in [0.3, 0.4) is 0 Å². The highest BCUT2D eigenvalue weighted by atomic mass is 19.2. The number of hydrogen-bond acceptors (Lipinski definition) is 3. The molecule has 25 heavy (non-hydrogen) atoms. The predicted octanol–water partition coefficient (Wildman–Crippen LogP) is 4.49. The van der Waals surface area contributed by atoms with Crippen molar-refractivity contribution in [1.29, 1.82) is 0 Å². The summed E-state index contributed by atoms with van der Waals surface area (Å²) >= 11 is 0. The Morgan fingerprint density at radius 2 is 1.64 bits per heavy atom. The average Bonchev–Trinajstić information content (AvgIpc) is 2.48. The number of benzene rings is 1. The Bertz CT molecular complexity index is 620. The van der Waals surface area contributed by atoms with Gasteiger partial charge in [0.25, 0.3) is 0 Å². The molecular formula is C17H22F4N2O2. The largest absolute Gasteiger partial charge is 0.444 e. The maximum atomic E-state index is 13.8. The molecule has 0 aliphatic heterocycles. The maximum Gasteiger partial charge on any atom is 0.407 e. The second kappa shape index (κ2) is 7.49. The minimum absolute atomic E-state index is 0.170. The third-order valence-electron chi connectivity index (χ3n) is 3.86. The minimum atomic E-state index is -1.46. The van der Waals surface area contributed by atoms with Crippen molar-refractivity contribution in [1.82, 2.24) is 5.32 Å². The number of amides is 1. The van der Waals surface area contributed by atoms with Gasteiger partial charge < -0.3 is 15.4 Å². The van der Waals surface area contributed by atoms with Crippen LogP contribution in [-0.2, 0) is 4.74 Å². The van der Waals surface area contributed by atoms with Crippen molar-refractivity contribution in [2.45, 2.75) is 64.1 Å². The zero-order valence-corrected chi connectivity index (χ0v) is 14.4. The molecule has 140 valence electrons. The lowest BCUT2D eigenvalue weighted by atomic mass is 9.91. The van der Waals surface area contributed by atoms with Gasteiger partial charge in [0.15, 0.2) is 23.3 Å². The van der Waals surface area contributed by atoms with Crippen LogP contribution in [0.1, 0.15) is 46.5 Å². The highest BCUT2D eigenvalue weighted by molar-refractivity contribution is 5.68. The van der Waals surface area contributed by atoms with E-state index in [-0.39, 0.29) is 12.1 Å². The molecular weight excluding hydrogens is 340 g/mol. The Morgan fingerprint density at radius 1 is 1.08 bits per heavy atom. The molecule has 2 rings (SSSR count). The molecule has 1 aliphatic rings. The third kappa shape index (κ3) is 5.24. The lowest BCUT2D eigenvalue weighted by Gasteiger charge is -2.31. The monoisotopic (exact) mass is 362 g/mol. The van der Waals surface area contributed by atoms with E-state index in [0.29, 0.717) is 25.7 Å². The minimum Gasteiger partial charge on any atom is -0.444 e. The molecule has 1 saturated carbocycles. The Morgan fingerprint density at radius 3 is 2.20 bits per heavy atom. The summed E-state index contributed by atoms with van der Waals surface area (Å²) in [6.45, 7) is 5.21. The van der Waals surface area contributed by atoms with E-state index in [4.69, 9.17) is 4.74 Å². The van der Waals surface area contributed by atoms with Gasteiger partial charge in [-0.2, -0.15) is 0 Å². The van der Waals surface area contributed by atoms with Crippen molar-refractivity contribution in [2.24, 2.45) is 0 Å². The zero-order valence-electron chi connectivity index (χ0n) is 14.4. The molecule has 8 heteroatoms. The SMILES string of the molecule is CC(C)(C)OC(=O)NC1CCCC(Nc2c(F)c(F)cc(F)c2F)C1. The highest BCUT2D eigenvalue weighted by Crippen LogP contribution is 2.28. The number of carbonyl (C=O) groups excluding carboxylic acids is 1. The van der Waals surface area contributed by atoms with Gasteiger partial charge in [0.05, 0.1) is 0 Å². The highest BCUT2D eigenvalue weighted by Gasteiger charge is 2.28. The lowest BCUT2D eigenvalue weighted by Crippen LogP contribution is -2.44. The number of alkyl carbamates (subject to hydrolysis) is 1. The molecule has 0 heterocycles. The molecule has 0 saturated heterocycles. The molecule has 1 aromatic carbocycles. The predicted molar refractivity (Wildman–Crippen MR) is 85.3 cm³/mol. The Labute approximate surface area is 143 Å². The summed E-state index contributed by atoms with van der Waals surface area (Å²) in [4.78, 5) is 11.8. The van der Waals surface area contributed by atoms with Crippen LogP contribution in [0.2, 0.25) is 0 Å². The van der Waals surface area contributed by atoms with E-state index in [1.807, 2.05) is 0 Å². The van der Waals surface area contributed by atoms with Crippen molar-refractivity contribution >= 4 is 11.8 Å². The number of anilines is 1. The Hall–Kier alpha value is -1.99. The number of carbonyl (C=O) groups is 1. The first-order chi connectivity index (χ1) is 11.6. The number of halogens is 4. The Kier molecular flexibility index (Phi) is 5.80. The average molecular weight is 362 g/mol. The summed E-state index contributed by atoms with van der Waals surface area (Å²) in [6, 6.07) is -0.520. The second-order valence-electron chi connectivity index (χ2n) is 7.19. The molecule has 0 bridgehead atoms. The van der Waals surface area contributed by atoms with E-state index >= 15 is 0 Å². The molecule has 1 aliphatic carbocycles. The van der Waals surface area contributed by atoms with Gasteiger partial charge in [-0.1, -0.05) is 0 Å². The molecule has 1 amide bonds. The summed E-state index contributed by atoms with van der Waals surface area (Å²) in [5.41, 5.74) is -1.46. The second-order valence-corrected chi connectivity index (χ2v) is 7.19. The molecule has 1 aromatic rings. The van der Waals surface area contributed by atoms with E-state index in [1.54, 1.807) is 20.8 Å². The van der Waals surface area contributed by atoms with Crippen LogP contribution in [0.5, 0.6) is 0 Å². The summed E-state index contributed by atoms with van der Waals surface area (Å²) in [5.74, 6) is -5.83. The zero-order chi connectivity index (χ0) is 18.8. The molecule has 0 radical (unpaired) electrons. The van der Waals surface area contributed by atoms with Crippen molar-refractivity contribution in [3.63, 3.8) is 0 Å². The topological polar surface area (TPSA) is 50.4 Å². The number of rotatable bonds is 3. The number of ether oxygens (including phenoxy) is 1. The van der Waals surface area contributed by atoms with Crippen LogP contribution in [0, 0.1) is 23.3 Å². The summed E-state index contributed by atoms with van der Waals surface area (Å²) in [6.07, 6.45) is 1.70. The number of nitrogens with one attached hydrogen (secondary N) is 2. The first kappa shape index (κ1) is 19.3. The fourth-order valence-electron chi connectivity index (χ4n) is 2.83. The normalized spacial score (nSPS) is 20.9. The maximum absolute atomic E-state index is 13.8. The van der Waals surface area contributed by atoms with Gasteiger partial charge in [-0.15, -0.1) is 0 Å². The standard InChI is InChI=1S/C17H22F4N2O2/c1-17(2,3)25-16(24)23-10-6-4-5-9(7-10)22-15-13(20)11(18)8-12(19)14(15)21/h8-10,22H,4-7H2,1-3H3,(H,23,24). The fourth-order valence-corrected chi connectivity index (χ4v) is 2.83. The summed E-state index contributed by atoms with van der Waals surface area (Å²) < 4.78 is 59.3. The van der Waals surface area contributed by atoms with Crippen molar-refractivity contribution in [3.8, 4) is 0 Å². The van der Waals surface area contributed by atoms with Gasteiger partial charge in [-0.25, -0.2) is 22.4 Å². The van der Waals surface area contributed by atoms with Crippen LogP contribution >= 0.6 is 0 Å². The molecule has 2 atom stereocenters. The molecule has 0 spiro atoms. The smallest absolute Gasteiger partial charge is 0.407 e. The third-order valence-corrected chi connectivity index (χ3v) is 3.86. The van der Waals surface area contributed by atoms with Gasteiger partial charge in [0.2, 0.25) is 0 Å². The Balaban J connectivity index is 2.02. The van der Waals surface area contributed by atoms with Gasteiger partial charge in [0.1, 0.15) is 11.3 Å². The van der Waals surface area contributed by atoms with Crippen LogP contribution in [0.15, 0.2) is 6.07 Å². The van der Waals surface area contributed by atoms with Crippen molar-refractivity contribution in [2.75, 3.05) is 5.32 Å². The number of hydrogen-bond donors (Lipinski definition) is 2. The van der Waals surface area contributed by atoms with Gasteiger partial charge in [-0.05, 0) is 46.5 Å². The molecule has 0 aromatic heterocycles. The van der Waals surface area contributed by atoms with E-state index in [2.05, 4.69) is 10.6 Å². The summed E-state index contributed by atoms with van der Waals surface area (Å²) in [5, 5.41) is 5.23. The van der Waals surface area contributed by atoms with Crippen LogP contribution in [0.4, 0.5) is 28.0 Å². The first-order valence-corrected chi connectivity index (χ1v) is 8.16. The molecule has 2 N–H and O–H groups in total. The van der Waals surface area contributed by atoms with Crippen LogP contribution in [-0.4, -0.2) is 23.8 Å². The first-order valence-electron chi connectivity index (χ1n) is 8.16. The van der Waals surface area contributed by atoms with E-state index in [0.717, 1.165) is 0 Å².